The third kappa shape index (κ3) is 5.86. The standard InChI is InChI=1S/C12H17ClFNO2/c1-16-7-8-17-6-2-5-15-12-9-10(14)3-4-11(12)13/h3-4,9,15H,2,5-8H2,1H3. The van der Waals surface area contributed by atoms with Crippen molar-refractivity contribution in [1.29, 1.82) is 0 Å². The number of ether oxygens (including phenoxy) is 2. The van der Waals surface area contributed by atoms with Crippen molar-refractivity contribution in [2.45, 2.75) is 6.42 Å². The van der Waals surface area contributed by atoms with Crippen molar-refractivity contribution in [3.05, 3.63) is 29.0 Å². The van der Waals surface area contributed by atoms with Crippen LogP contribution >= 0.6 is 11.6 Å². The summed E-state index contributed by atoms with van der Waals surface area (Å²) in [5.74, 6) is -0.298. The summed E-state index contributed by atoms with van der Waals surface area (Å²) in [7, 11) is 1.64. The van der Waals surface area contributed by atoms with Crippen molar-refractivity contribution in [2.75, 3.05) is 38.8 Å². The van der Waals surface area contributed by atoms with Crippen molar-refractivity contribution in [1.82, 2.24) is 0 Å². The number of rotatable bonds is 8. The van der Waals surface area contributed by atoms with Crippen LogP contribution in [0.15, 0.2) is 18.2 Å². The van der Waals surface area contributed by atoms with Gasteiger partial charge >= 0.3 is 0 Å². The minimum Gasteiger partial charge on any atom is -0.384 e. The summed E-state index contributed by atoms with van der Waals surface area (Å²) in [6, 6.07) is 4.25. The topological polar surface area (TPSA) is 30.5 Å². The molecule has 0 aliphatic rings. The highest BCUT2D eigenvalue weighted by molar-refractivity contribution is 6.33. The number of nitrogens with one attached hydrogen (secondary N) is 1. The maximum atomic E-state index is 12.9. The van der Waals surface area contributed by atoms with Crippen LogP contribution in [0, 0.1) is 5.82 Å². The molecule has 0 saturated carbocycles. The summed E-state index contributed by atoms with van der Waals surface area (Å²) in [4.78, 5) is 0. The summed E-state index contributed by atoms with van der Waals surface area (Å²) in [6.45, 7) is 2.53. The lowest BCUT2D eigenvalue weighted by atomic mass is 10.3. The highest BCUT2D eigenvalue weighted by Crippen LogP contribution is 2.22. The molecule has 17 heavy (non-hydrogen) atoms. The van der Waals surface area contributed by atoms with E-state index < -0.39 is 0 Å². The first-order chi connectivity index (χ1) is 8.24. The van der Waals surface area contributed by atoms with Crippen LogP contribution in [0.3, 0.4) is 0 Å². The van der Waals surface area contributed by atoms with Crippen LogP contribution < -0.4 is 5.32 Å². The van der Waals surface area contributed by atoms with E-state index in [0.29, 0.717) is 37.1 Å². The number of methoxy groups -OCH3 is 1. The molecule has 0 radical (unpaired) electrons. The maximum Gasteiger partial charge on any atom is 0.125 e. The number of hydrogen-bond donors (Lipinski definition) is 1. The Morgan fingerprint density at radius 1 is 1.29 bits per heavy atom. The summed E-state index contributed by atoms with van der Waals surface area (Å²) in [6.07, 6.45) is 0.830. The van der Waals surface area contributed by atoms with E-state index in [0.717, 1.165) is 6.42 Å². The molecule has 0 spiro atoms. The third-order valence-corrected chi connectivity index (χ3v) is 2.47. The molecule has 0 heterocycles. The third-order valence-electron chi connectivity index (χ3n) is 2.14. The second kappa shape index (κ2) is 8.28. The van der Waals surface area contributed by atoms with E-state index in [9.17, 15) is 4.39 Å². The van der Waals surface area contributed by atoms with Gasteiger partial charge in [-0.05, 0) is 24.6 Å². The molecule has 0 bridgehead atoms. The van der Waals surface area contributed by atoms with Crippen LogP contribution in [-0.2, 0) is 9.47 Å². The fourth-order valence-electron chi connectivity index (χ4n) is 1.27. The monoisotopic (exact) mass is 261 g/mol. The minimum atomic E-state index is -0.298. The Balaban J connectivity index is 2.15. The number of hydrogen-bond acceptors (Lipinski definition) is 3. The Morgan fingerprint density at radius 2 is 2.12 bits per heavy atom. The molecule has 0 amide bonds. The predicted molar refractivity (Wildman–Crippen MR) is 67.2 cm³/mol. The molecule has 5 heteroatoms. The Labute approximate surface area is 106 Å². The van der Waals surface area contributed by atoms with E-state index in [-0.39, 0.29) is 5.82 Å². The zero-order chi connectivity index (χ0) is 12.5. The van der Waals surface area contributed by atoms with Crippen molar-refractivity contribution in [3.63, 3.8) is 0 Å². The Bertz CT molecular complexity index is 336. The molecule has 0 unspecified atom stereocenters. The number of anilines is 1. The van der Waals surface area contributed by atoms with Gasteiger partial charge in [-0.1, -0.05) is 11.6 Å². The molecule has 0 fully saturated rings. The summed E-state index contributed by atoms with van der Waals surface area (Å²) >= 11 is 5.90. The zero-order valence-electron chi connectivity index (χ0n) is 9.84. The molecule has 1 aromatic rings. The van der Waals surface area contributed by atoms with E-state index in [1.807, 2.05) is 0 Å². The molecule has 1 rings (SSSR count). The second-order valence-corrected chi connectivity index (χ2v) is 3.92. The molecule has 0 aromatic heterocycles. The van der Waals surface area contributed by atoms with Gasteiger partial charge in [-0.2, -0.15) is 0 Å². The summed E-state index contributed by atoms with van der Waals surface area (Å²) < 4.78 is 23.1. The Hall–Kier alpha value is -0.840. The first-order valence-electron chi connectivity index (χ1n) is 5.49. The van der Waals surface area contributed by atoms with E-state index in [1.54, 1.807) is 7.11 Å². The molecule has 96 valence electrons. The van der Waals surface area contributed by atoms with Crippen LogP contribution in [-0.4, -0.2) is 33.5 Å². The van der Waals surface area contributed by atoms with E-state index in [1.165, 1.54) is 18.2 Å². The van der Waals surface area contributed by atoms with Gasteiger partial charge in [-0.15, -0.1) is 0 Å². The number of benzene rings is 1. The fraction of sp³-hybridized carbons (Fsp3) is 0.500. The lowest BCUT2D eigenvalue weighted by Gasteiger charge is -2.08. The molecule has 0 aliphatic heterocycles. The van der Waals surface area contributed by atoms with Gasteiger partial charge in [0, 0.05) is 20.3 Å². The molecule has 0 aliphatic carbocycles. The highest BCUT2D eigenvalue weighted by atomic mass is 35.5. The van der Waals surface area contributed by atoms with Gasteiger partial charge in [-0.3, -0.25) is 0 Å². The van der Waals surface area contributed by atoms with Gasteiger partial charge in [0.2, 0.25) is 0 Å². The molecule has 3 nitrogen and oxygen atoms in total. The van der Waals surface area contributed by atoms with Crippen LogP contribution in [0.4, 0.5) is 10.1 Å². The van der Waals surface area contributed by atoms with Crippen molar-refractivity contribution >= 4 is 17.3 Å². The zero-order valence-corrected chi connectivity index (χ0v) is 10.6. The molecule has 0 atom stereocenters. The smallest absolute Gasteiger partial charge is 0.125 e. The molecule has 0 saturated heterocycles. The van der Waals surface area contributed by atoms with Crippen molar-refractivity contribution in [2.24, 2.45) is 0 Å². The van der Waals surface area contributed by atoms with Crippen molar-refractivity contribution < 1.29 is 13.9 Å². The Morgan fingerprint density at radius 3 is 2.88 bits per heavy atom. The highest BCUT2D eigenvalue weighted by Gasteiger charge is 2.00. The van der Waals surface area contributed by atoms with Crippen LogP contribution in [0.5, 0.6) is 0 Å². The average Bonchev–Trinajstić information content (AvgIpc) is 2.32. The Kier molecular flexibility index (Phi) is 6.93. The van der Waals surface area contributed by atoms with Gasteiger partial charge in [0.1, 0.15) is 5.82 Å². The van der Waals surface area contributed by atoms with Crippen LogP contribution in [0.2, 0.25) is 5.02 Å². The van der Waals surface area contributed by atoms with Gasteiger partial charge in [0.15, 0.2) is 0 Å². The van der Waals surface area contributed by atoms with Gasteiger partial charge in [0.05, 0.1) is 23.9 Å². The van der Waals surface area contributed by atoms with E-state index in [4.69, 9.17) is 21.1 Å². The van der Waals surface area contributed by atoms with Crippen LogP contribution in [0.25, 0.3) is 0 Å². The van der Waals surface area contributed by atoms with Crippen molar-refractivity contribution in [3.8, 4) is 0 Å². The molecular formula is C12H17ClFNO2. The fourth-order valence-corrected chi connectivity index (χ4v) is 1.46. The van der Waals surface area contributed by atoms with Gasteiger partial charge in [0.25, 0.3) is 0 Å². The molecular weight excluding hydrogens is 245 g/mol. The SMILES string of the molecule is COCCOCCCNc1cc(F)ccc1Cl. The maximum absolute atomic E-state index is 12.9. The lowest BCUT2D eigenvalue weighted by Crippen LogP contribution is -2.08. The van der Waals surface area contributed by atoms with E-state index in [2.05, 4.69) is 5.32 Å². The lowest BCUT2D eigenvalue weighted by molar-refractivity contribution is 0.0705. The molecule has 1 N–H and O–H groups in total. The van der Waals surface area contributed by atoms with Gasteiger partial charge in [-0.25, -0.2) is 4.39 Å². The van der Waals surface area contributed by atoms with E-state index >= 15 is 0 Å². The molecule has 1 aromatic carbocycles. The second-order valence-electron chi connectivity index (χ2n) is 3.51. The van der Waals surface area contributed by atoms with Crippen LogP contribution in [0.1, 0.15) is 6.42 Å². The number of halogens is 2. The van der Waals surface area contributed by atoms with Gasteiger partial charge < -0.3 is 14.8 Å². The first-order valence-corrected chi connectivity index (χ1v) is 5.87. The quantitative estimate of drug-likeness (QED) is 0.730. The summed E-state index contributed by atoms with van der Waals surface area (Å²) in [5.41, 5.74) is 0.614. The minimum absolute atomic E-state index is 0.298. The largest absolute Gasteiger partial charge is 0.384 e. The first kappa shape index (κ1) is 14.2. The normalized spacial score (nSPS) is 10.5. The average molecular weight is 262 g/mol. The predicted octanol–water partition coefficient (Wildman–Crippen LogP) is 2.94. The summed E-state index contributed by atoms with van der Waals surface area (Å²) in [5, 5.41) is 3.58.